The van der Waals surface area contributed by atoms with Crippen molar-refractivity contribution in [1.82, 2.24) is 0 Å². The van der Waals surface area contributed by atoms with Crippen LogP contribution < -0.4 is 9.62 Å². The molecule has 7 nitrogen and oxygen atoms in total. The molecule has 0 aliphatic carbocycles. The SMILES string of the molecule is CC[C@@H](C(=O)Nc1ccc(Cl)c(C(=O)OC)c1)N(c1ccc(C)c(C)c1)S(C)(=O)=O. The van der Waals surface area contributed by atoms with Gasteiger partial charge in [-0.05, 0) is 61.7 Å². The maximum atomic E-state index is 13.0. The summed E-state index contributed by atoms with van der Waals surface area (Å²) in [5, 5.41) is 2.86. The van der Waals surface area contributed by atoms with Gasteiger partial charge in [-0.1, -0.05) is 24.6 Å². The Morgan fingerprint density at radius 2 is 1.80 bits per heavy atom. The smallest absolute Gasteiger partial charge is 0.339 e. The van der Waals surface area contributed by atoms with Crippen LogP contribution in [0.15, 0.2) is 36.4 Å². The van der Waals surface area contributed by atoms with E-state index in [1.54, 1.807) is 19.1 Å². The average molecular weight is 453 g/mol. The van der Waals surface area contributed by atoms with Crippen molar-refractivity contribution in [2.45, 2.75) is 33.2 Å². The minimum Gasteiger partial charge on any atom is -0.465 e. The highest BCUT2D eigenvalue weighted by Gasteiger charge is 2.32. The Hall–Kier alpha value is -2.58. The van der Waals surface area contributed by atoms with Crippen molar-refractivity contribution in [2.24, 2.45) is 0 Å². The summed E-state index contributed by atoms with van der Waals surface area (Å²) in [5.74, 6) is -1.17. The maximum Gasteiger partial charge on any atom is 0.339 e. The molecule has 1 amide bonds. The predicted octanol–water partition coefficient (Wildman–Crippen LogP) is 3.93. The molecule has 0 saturated carbocycles. The second kappa shape index (κ2) is 9.49. The third-order valence-electron chi connectivity index (χ3n) is 4.71. The molecule has 2 aromatic rings. The Balaban J connectivity index is 2.41. The number of nitrogens with one attached hydrogen (secondary N) is 1. The predicted molar refractivity (Wildman–Crippen MR) is 119 cm³/mol. The van der Waals surface area contributed by atoms with E-state index >= 15 is 0 Å². The molecule has 162 valence electrons. The van der Waals surface area contributed by atoms with Crippen molar-refractivity contribution in [2.75, 3.05) is 23.0 Å². The summed E-state index contributed by atoms with van der Waals surface area (Å²) in [5.41, 5.74) is 2.74. The quantitative estimate of drug-likeness (QED) is 0.642. The first-order chi connectivity index (χ1) is 14.0. The number of carbonyl (C=O) groups excluding carboxylic acids is 2. The summed E-state index contributed by atoms with van der Waals surface area (Å²) in [6.45, 7) is 5.53. The third-order valence-corrected chi connectivity index (χ3v) is 6.22. The number of carbonyl (C=O) groups is 2. The number of aryl methyl sites for hydroxylation is 2. The summed E-state index contributed by atoms with van der Waals surface area (Å²) in [4.78, 5) is 24.9. The fraction of sp³-hybridized carbons (Fsp3) is 0.333. The van der Waals surface area contributed by atoms with Crippen molar-refractivity contribution in [3.8, 4) is 0 Å². The monoisotopic (exact) mass is 452 g/mol. The van der Waals surface area contributed by atoms with Crippen LogP contribution in [0.25, 0.3) is 0 Å². The molecule has 0 bridgehead atoms. The van der Waals surface area contributed by atoms with Crippen molar-refractivity contribution < 1.29 is 22.7 Å². The molecule has 0 heterocycles. The highest BCUT2D eigenvalue weighted by Crippen LogP contribution is 2.26. The zero-order chi connectivity index (χ0) is 22.6. The van der Waals surface area contributed by atoms with Crippen LogP contribution in [0.2, 0.25) is 5.02 Å². The minimum absolute atomic E-state index is 0.0964. The lowest BCUT2D eigenvalue weighted by atomic mass is 10.1. The molecule has 0 aromatic heterocycles. The van der Waals surface area contributed by atoms with E-state index in [-0.39, 0.29) is 17.0 Å². The molecule has 0 aliphatic heterocycles. The molecule has 30 heavy (non-hydrogen) atoms. The molecule has 1 atom stereocenters. The molecular formula is C21H25ClN2O5S. The Morgan fingerprint density at radius 1 is 1.13 bits per heavy atom. The van der Waals surface area contributed by atoms with Gasteiger partial charge < -0.3 is 10.1 Å². The van der Waals surface area contributed by atoms with Gasteiger partial charge in [0.05, 0.1) is 29.6 Å². The molecular weight excluding hydrogens is 428 g/mol. The lowest BCUT2D eigenvalue weighted by Gasteiger charge is -2.30. The molecule has 9 heteroatoms. The van der Waals surface area contributed by atoms with Gasteiger partial charge in [-0.15, -0.1) is 0 Å². The number of amides is 1. The van der Waals surface area contributed by atoms with Crippen LogP contribution in [0.4, 0.5) is 11.4 Å². The van der Waals surface area contributed by atoms with Crippen LogP contribution in [0.1, 0.15) is 34.8 Å². The van der Waals surface area contributed by atoms with Crippen LogP contribution in [-0.4, -0.2) is 39.7 Å². The van der Waals surface area contributed by atoms with Gasteiger partial charge in [-0.2, -0.15) is 0 Å². The van der Waals surface area contributed by atoms with Crippen molar-refractivity contribution >= 4 is 44.9 Å². The summed E-state index contributed by atoms with van der Waals surface area (Å²) < 4.78 is 31.0. The van der Waals surface area contributed by atoms with Crippen LogP contribution in [0.5, 0.6) is 0 Å². The topological polar surface area (TPSA) is 92.8 Å². The number of halogens is 1. The molecule has 0 fully saturated rings. The number of hydrogen-bond donors (Lipinski definition) is 1. The van der Waals surface area contributed by atoms with E-state index in [9.17, 15) is 18.0 Å². The number of esters is 1. The highest BCUT2D eigenvalue weighted by molar-refractivity contribution is 7.92. The standard InChI is InChI=1S/C21H25ClN2O5S/c1-6-19(24(30(5,27)28)16-9-7-13(2)14(3)11-16)20(25)23-15-8-10-18(22)17(12-15)21(26)29-4/h7-12,19H,6H2,1-5H3,(H,23,25)/t19-/m0/s1. The van der Waals surface area contributed by atoms with Crippen molar-refractivity contribution in [3.63, 3.8) is 0 Å². The van der Waals surface area contributed by atoms with Crippen LogP contribution in [0, 0.1) is 13.8 Å². The van der Waals surface area contributed by atoms with E-state index in [2.05, 4.69) is 10.1 Å². The minimum atomic E-state index is -3.75. The van der Waals surface area contributed by atoms with Gasteiger partial charge >= 0.3 is 5.97 Å². The zero-order valence-electron chi connectivity index (χ0n) is 17.5. The molecule has 0 radical (unpaired) electrons. The van der Waals surface area contributed by atoms with Gasteiger partial charge in [0.25, 0.3) is 0 Å². The number of anilines is 2. The first-order valence-corrected chi connectivity index (χ1v) is 11.5. The summed E-state index contributed by atoms with van der Waals surface area (Å²) in [7, 11) is -2.52. The van der Waals surface area contributed by atoms with Gasteiger partial charge in [-0.3, -0.25) is 9.10 Å². The second-order valence-electron chi connectivity index (χ2n) is 6.93. The lowest BCUT2D eigenvalue weighted by Crippen LogP contribution is -2.47. The third kappa shape index (κ3) is 5.31. The van der Waals surface area contributed by atoms with Crippen LogP contribution in [-0.2, 0) is 19.6 Å². The summed E-state index contributed by atoms with van der Waals surface area (Å²) >= 11 is 6.01. The zero-order valence-corrected chi connectivity index (χ0v) is 19.1. The molecule has 2 aromatic carbocycles. The second-order valence-corrected chi connectivity index (χ2v) is 9.19. The first kappa shape index (κ1) is 23.7. The van der Waals surface area contributed by atoms with Gasteiger partial charge in [0.1, 0.15) is 6.04 Å². The van der Waals surface area contributed by atoms with Crippen molar-refractivity contribution in [1.29, 1.82) is 0 Å². The molecule has 1 N–H and O–H groups in total. The molecule has 0 aliphatic rings. The maximum absolute atomic E-state index is 13.0. The molecule has 0 spiro atoms. The van der Waals surface area contributed by atoms with E-state index in [4.69, 9.17) is 11.6 Å². The van der Waals surface area contributed by atoms with E-state index < -0.39 is 27.9 Å². The average Bonchev–Trinajstić information content (AvgIpc) is 2.68. The molecule has 2 rings (SSSR count). The number of nitrogens with zero attached hydrogens (tertiary/aromatic N) is 1. The van der Waals surface area contributed by atoms with Crippen LogP contribution >= 0.6 is 11.6 Å². The number of benzene rings is 2. The van der Waals surface area contributed by atoms with Gasteiger partial charge in [0, 0.05) is 5.69 Å². The number of ether oxygens (including phenoxy) is 1. The van der Waals surface area contributed by atoms with Gasteiger partial charge in [-0.25, -0.2) is 13.2 Å². The van der Waals surface area contributed by atoms with Crippen LogP contribution in [0.3, 0.4) is 0 Å². The van der Waals surface area contributed by atoms with Gasteiger partial charge in [0.2, 0.25) is 15.9 Å². The molecule has 0 saturated heterocycles. The lowest BCUT2D eigenvalue weighted by molar-refractivity contribution is -0.117. The summed E-state index contributed by atoms with van der Waals surface area (Å²) in [6.07, 6.45) is 1.30. The van der Waals surface area contributed by atoms with E-state index in [1.165, 1.54) is 25.3 Å². The Morgan fingerprint density at radius 3 is 2.33 bits per heavy atom. The largest absolute Gasteiger partial charge is 0.465 e. The van der Waals surface area contributed by atoms with E-state index in [1.807, 2.05) is 19.9 Å². The van der Waals surface area contributed by atoms with E-state index in [0.29, 0.717) is 11.4 Å². The Bertz CT molecular complexity index is 1070. The molecule has 0 unspecified atom stereocenters. The summed E-state index contributed by atoms with van der Waals surface area (Å²) in [6, 6.07) is 8.62. The number of methoxy groups -OCH3 is 1. The normalized spacial score (nSPS) is 12.2. The number of hydrogen-bond acceptors (Lipinski definition) is 5. The number of rotatable bonds is 7. The number of sulfonamides is 1. The fourth-order valence-corrected chi connectivity index (χ4v) is 4.42. The van der Waals surface area contributed by atoms with E-state index in [0.717, 1.165) is 21.7 Å². The van der Waals surface area contributed by atoms with Crippen molar-refractivity contribution in [3.05, 3.63) is 58.1 Å². The Labute approximate surface area is 182 Å². The Kier molecular flexibility index (Phi) is 7.49. The van der Waals surface area contributed by atoms with Gasteiger partial charge in [0.15, 0.2) is 0 Å². The fourth-order valence-electron chi connectivity index (χ4n) is 3.02. The first-order valence-electron chi connectivity index (χ1n) is 9.25. The highest BCUT2D eigenvalue weighted by atomic mass is 35.5.